The van der Waals surface area contributed by atoms with Crippen LogP contribution in [-0.2, 0) is 0 Å². The number of nitrogens with zero attached hydrogens (tertiary/aromatic N) is 1. The van der Waals surface area contributed by atoms with Gasteiger partial charge in [-0.3, -0.25) is 4.98 Å². The van der Waals surface area contributed by atoms with Crippen molar-refractivity contribution in [1.82, 2.24) is 4.98 Å². The second-order valence-electron chi connectivity index (χ2n) is 5.73. The van der Waals surface area contributed by atoms with Crippen molar-refractivity contribution in [3.05, 3.63) is 18.5 Å². The molecule has 0 radical (unpaired) electrons. The van der Waals surface area contributed by atoms with E-state index in [-0.39, 0.29) is 0 Å². The van der Waals surface area contributed by atoms with E-state index in [1.54, 1.807) is 0 Å². The summed E-state index contributed by atoms with van der Waals surface area (Å²) in [5.41, 5.74) is 2.31. The summed E-state index contributed by atoms with van der Waals surface area (Å²) < 4.78 is 0. The molecule has 0 spiro atoms. The molecule has 1 aromatic rings. The summed E-state index contributed by atoms with van der Waals surface area (Å²) in [7, 11) is 0. The molecule has 0 amide bonds. The quantitative estimate of drug-likeness (QED) is 0.772. The third-order valence-electron chi connectivity index (χ3n) is 3.91. The summed E-state index contributed by atoms with van der Waals surface area (Å²) in [6, 6.07) is 2.90. The molecule has 0 atom stereocenters. The number of anilines is 2. The Morgan fingerprint density at radius 2 is 1.83 bits per heavy atom. The van der Waals surface area contributed by atoms with Gasteiger partial charge in [-0.05, 0) is 50.0 Å². The second kappa shape index (κ2) is 5.17. The SMILES string of the molecule is CCCNc1cncc(NC(C2CC2)C2CC2)c1. The van der Waals surface area contributed by atoms with Crippen molar-refractivity contribution in [2.24, 2.45) is 11.8 Å². The minimum atomic E-state index is 0.702. The molecular weight excluding hydrogens is 222 g/mol. The number of pyridine rings is 1. The van der Waals surface area contributed by atoms with Crippen LogP contribution in [0.1, 0.15) is 39.0 Å². The van der Waals surface area contributed by atoms with Crippen LogP contribution in [0.4, 0.5) is 11.4 Å². The highest BCUT2D eigenvalue weighted by molar-refractivity contribution is 5.54. The van der Waals surface area contributed by atoms with E-state index in [9.17, 15) is 0 Å². The topological polar surface area (TPSA) is 37.0 Å². The molecule has 1 aromatic heterocycles. The van der Waals surface area contributed by atoms with Gasteiger partial charge in [-0.15, -0.1) is 0 Å². The molecule has 0 aromatic carbocycles. The van der Waals surface area contributed by atoms with E-state index in [1.165, 1.54) is 31.4 Å². The fourth-order valence-electron chi connectivity index (χ4n) is 2.61. The van der Waals surface area contributed by atoms with E-state index >= 15 is 0 Å². The van der Waals surface area contributed by atoms with Crippen molar-refractivity contribution in [2.45, 2.75) is 45.1 Å². The predicted octanol–water partition coefficient (Wildman–Crippen LogP) is 3.50. The Balaban J connectivity index is 1.63. The minimum absolute atomic E-state index is 0.702. The fourth-order valence-corrected chi connectivity index (χ4v) is 2.61. The lowest BCUT2D eigenvalue weighted by Gasteiger charge is -2.19. The third-order valence-corrected chi connectivity index (χ3v) is 3.91. The van der Waals surface area contributed by atoms with E-state index in [1.807, 2.05) is 12.4 Å². The number of hydrogen-bond acceptors (Lipinski definition) is 3. The van der Waals surface area contributed by atoms with Gasteiger partial charge in [0.1, 0.15) is 0 Å². The van der Waals surface area contributed by atoms with Gasteiger partial charge in [0.15, 0.2) is 0 Å². The monoisotopic (exact) mass is 245 g/mol. The van der Waals surface area contributed by atoms with Gasteiger partial charge in [-0.25, -0.2) is 0 Å². The van der Waals surface area contributed by atoms with Crippen LogP contribution in [0, 0.1) is 11.8 Å². The van der Waals surface area contributed by atoms with Crippen molar-refractivity contribution < 1.29 is 0 Å². The maximum absolute atomic E-state index is 4.33. The molecule has 0 bridgehead atoms. The first-order valence-corrected chi connectivity index (χ1v) is 7.32. The Bertz CT molecular complexity index is 384. The normalized spacial score (nSPS) is 19.0. The highest BCUT2D eigenvalue weighted by atomic mass is 15.0. The summed E-state index contributed by atoms with van der Waals surface area (Å²) >= 11 is 0. The summed E-state index contributed by atoms with van der Waals surface area (Å²) in [4.78, 5) is 4.33. The van der Waals surface area contributed by atoms with Crippen LogP contribution in [0.3, 0.4) is 0 Å². The molecule has 0 unspecified atom stereocenters. The Hall–Kier alpha value is -1.25. The molecule has 2 saturated carbocycles. The molecule has 2 aliphatic rings. The van der Waals surface area contributed by atoms with E-state index in [0.717, 1.165) is 30.5 Å². The van der Waals surface area contributed by atoms with E-state index in [0.29, 0.717) is 6.04 Å². The maximum Gasteiger partial charge on any atom is 0.0549 e. The van der Waals surface area contributed by atoms with Gasteiger partial charge in [0.05, 0.1) is 23.8 Å². The van der Waals surface area contributed by atoms with Crippen molar-refractivity contribution in [3.63, 3.8) is 0 Å². The molecule has 2 aliphatic carbocycles. The van der Waals surface area contributed by atoms with Gasteiger partial charge >= 0.3 is 0 Å². The maximum atomic E-state index is 4.33. The first-order chi connectivity index (χ1) is 8.86. The zero-order valence-electron chi connectivity index (χ0n) is 11.2. The van der Waals surface area contributed by atoms with Crippen molar-refractivity contribution in [2.75, 3.05) is 17.2 Å². The van der Waals surface area contributed by atoms with Crippen molar-refractivity contribution in [1.29, 1.82) is 0 Å². The first-order valence-electron chi connectivity index (χ1n) is 7.32. The number of hydrogen-bond donors (Lipinski definition) is 2. The van der Waals surface area contributed by atoms with Crippen LogP contribution in [-0.4, -0.2) is 17.6 Å². The van der Waals surface area contributed by atoms with E-state index in [2.05, 4.69) is 28.6 Å². The lowest BCUT2D eigenvalue weighted by molar-refractivity contribution is 0.567. The minimum Gasteiger partial charge on any atom is -0.384 e. The average Bonchev–Trinajstić information content (AvgIpc) is 3.28. The summed E-state index contributed by atoms with van der Waals surface area (Å²) in [6.45, 7) is 3.19. The third kappa shape index (κ3) is 2.95. The van der Waals surface area contributed by atoms with Gasteiger partial charge in [0, 0.05) is 12.6 Å². The van der Waals surface area contributed by atoms with Gasteiger partial charge in [-0.2, -0.15) is 0 Å². The highest BCUT2D eigenvalue weighted by Crippen LogP contribution is 2.45. The van der Waals surface area contributed by atoms with E-state index < -0.39 is 0 Å². The van der Waals surface area contributed by atoms with Crippen LogP contribution >= 0.6 is 0 Å². The smallest absolute Gasteiger partial charge is 0.0549 e. The lowest BCUT2D eigenvalue weighted by atomic mass is 10.1. The Kier molecular flexibility index (Phi) is 3.39. The molecule has 2 N–H and O–H groups in total. The molecule has 3 heteroatoms. The zero-order valence-corrected chi connectivity index (χ0v) is 11.2. The summed E-state index contributed by atoms with van der Waals surface area (Å²) in [5, 5.41) is 7.11. The zero-order chi connectivity index (χ0) is 12.4. The average molecular weight is 245 g/mol. The number of nitrogens with one attached hydrogen (secondary N) is 2. The second-order valence-corrected chi connectivity index (χ2v) is 5.73. The number of rotatable bonds is 7. The Morgan fingerprint density at radius 3 is 2.44 bits per heavy atom. The van der Waals surface area contributed by atoms with Gasteiger partial charge < -0.3 is 10.6 Å². The Labute approximate surface area is 109 Å². The van der Waals surface area contributed by atoms with Gasteiger partial charge in [0.25, 0.3) is 0 Å². The molecule has 2 fully saturated rings. The fraction of sp³-hybridized carbons (Fsp3) is 0.667. The molecular formula is C15H23N3. The summed E-state index contributed by atoms with van der Waals surface area (Å²) in [6.07, 6.45) is 10.7. The van der Waals surface area contributed by atoms with Crippen LogP contribution in [0.25, 0.3) is 0 Å². The number of aromatic nitrogens is 1. The first kappa shape index (κ1) is 11.8. The highest BCUT2D eigenvalue weighted by Gasteiger charge is 2.41. The van der Waals surface area contributed by atoms with Gasteiger partial charge in [-0.1, -0.05) is 6.92 Å². The molecule has 98 valence electrons. The molecule has 0 saturated heterocycles. The molecule has 18 heavy (non-hydrogen) atoms. The molecule has 3 nitrogen and oxygen atoms in total. The van der Waals surface area contributed by atoms with Gasteiger partial charge in [0.2, 0.25) is 0 Å². The molecule has 0 aliphatic heterocycles. The largest absolute Gasteiger partial charge is 0.384 e. The van der Waals surface area contributed by atoms with Crippen LogP contribution in [0.5, 0.6) is 0 Å². The summed E-state index contributed by atoms with van der Waals surface area (Å²) in [5.74, 6) is 1.84. The van der Waals surface area contributed by atoms with E-state index in [4.69, 9.17) is 0 Å². The van der Waals surface area contributed by atoms with Crippen molar-refractivity contribution in [3.8, 4) is 0 Å². The van der Waals surface area contributed by atoms with Crippen LogP contribution in [0.2, 0.25) is 0 Å². The van der Waals surface area contributed by atoms with Crippen molar-refractivity contribution >= 4 is 11.4 Å². The lowest BCUT2D eigenvalue weighted by Crippen LogP contribution is -2.24. The van der Waals surface area contributed by atoms with Crippen LogP contribution < -0.4 is 10.6 Å². The predicted molar refractivity (Wildman–Crippen MR) is 75.9 cm³/mol. The molecule has 3 rings (SSSR count). The van der Waals surface area contributed by atoms with Crippen LogP contribution in [0.15, 0.2) is 18.5 Å². The molecule has 1 heterocycles. The Morgan fingerprint density at radius 1 is 1.17 bits per heavy atom. The standard InChI is InChI=1S/C15H23N3/c1-2-7-17-13-8-14(10-16-9-13)18-15(11-3-4-11)12-5-6-12/h8-12,15,17-18H,2-7H2,1H3.